The number of rotatable bonds is 6. The van der Waals surface area contributed by atoms with Gasteiger partial charge in [-0.05, 0) is 42.8 Å². The number of hydrogen-bond donors (Lipinski definition) is 2. The number of hydrogen-bond acceptors (Lipinski definition) is 6. The van der Waals surface area contributed by atoms with Gasteiger partial charge in [0.25, 0.3) is 5.91 Å². The van der Waals surface area contributed by atoms with Crippen LogP contribution in [0, 0.1) is 12.7 Å². The van der Waals surface area contributed by atoms with Crippen LogP contribution in [0.2, 0.25) is 0 Å². The summed E-state index contributed by atoms with van der Waals surface area (Å²) in [6.07, 6.45) is 0. The van der Waals surface area contributed by atoms with Gasteiger partial charge in [-0.15, -0.1) is 0 Å². The van der Waals surface area contributed by atoms with Crippen LogP contribution in [0.5, 0.6) is 11.5 Å². The van der Waals surface area contributed by atoms with Crippen LogP contribution in [0.25, 0.3) is 0 Å². The highest BCUT2D eigenvalue weighted by Gasteiger charge is 2.20. The monoisotopic (exact) mass is 470 g/mol. The van der Waals surface area contributed by atoms with Crippen LogP contribution in [0.3, 0.4) is 0 Å². The molecule has 1 aliphatic heterocycles. The van der Waals surface area contributed by atoms with E-state index in [2.05, 4.69) is 15.3 Å². The molecule has 1 fully saturated rings. The van der Waals surface area contributed by atoms with E-state index in [1.54, 1.807) is 32.3 Å². The summed E-state index contributed by atoms with van der Waals surface area (Å²) in [4.78, 5) is 25.2. The Balaban J connectivity index is 1.68. The number of nitrogens with one attached hydrogen (secondary N) is 1. The Bertz CT molecular complexity index is 1080. The molecule has 1 aliphatic rings. The highest BCUT2D eigenvalue weighted by atomic mass is 19.1. The van der Waals surface area contributed by atoms with Crippen molar-refractivity contribution in [1.82, 2.24) is 15.1 Å². The number of amidine groups is 1. The molecule has 3 rings (SSSR count). The van der Waals surface area contributed by atoms with Crippen molar-refractivity contribution in [2.45, 2.75) is 6.92 Å². The molecular weight excluding hydrogens is 439 g/mol. The second-order valence-electron chi connectivity index (χ2n) is 7.80. The van der Waals surface area contributed by atoms with Crippen molar-refractivity contribution >= 4 is 23.4 Å². The third-order valence-electron chi connectivity index (χ3n) is 5.57. The molecule has 0 spiro atoms. The molecule has 10 heteroatoms. The lowest BCUT2D eigenvalue weighted by Gasteiger charge is -2.28. The Morgan fingerprint density at radius 3 is 2.59 bits per heavy atom. The quantitative estimate of drug-likeness (QED) is 0.495. The molecule has 1 heterocycles. The highest BCUT2D eigenvalue weighted by Crippen LogP contribution is 2.23. The molecule has 0 saturated carbocycles. The predicted octanol–water partition coefficient (Wildman–Crippen LogP) is 2.17. The number of likely N-dealkylation sites (N-methyl/N-ethyl adjacent to an activating group) is 1. The van der Waals surface area contributed by atoms with Crippen molar-refractivity contribution in [3.8, 4) is 11.5 Å². The minimum absolute atomic E-state index is 0.0447. The molecule has 182 valence electrons. The molecule has 3 N–H and O–H groups in total. The number of nitrogens with zero attached hydrogens (tertiary/aromatic N) is 4. The number of aliphatic imine (C=N–C) groups is 2. The first-order valence-electron chi connectivity index (χ1n) is 10.9. The lowest BCUT2D eigenvalue weighted by atomic mass is 10.1. The van der Waals surface area contributed by atoms with Gasteiger partial charge in [0.15, 0.2) is 17.5 Å². The largest absolute Gasteiger partial charge is 0.497 e. The summed E-state index contributed by atoms with van der Waals surface area (Å²) in [7, 11) is 4.61. The summed E-state index contributed by atoms with van der Waals surface area (Å²) >= 11 is 0. The van der Waals surface area contributed by atoms with Crippen molar-refractivity contribution in [1.29, 1.82) is 0 Å². The fourth-order valence-corrected chi connectivity index (χ4v) is 3.53. The summed E-state index contributed by atoms with van der Waals surface area (Å²) in [5, 5.41) is 3.28. The van der Waals surface area contributed by atoms with Crippen LogP contribution in [0.4, 0.5) is 10.1 Å². The van der Waals surface area contributed by atoms with E-state index in [1.807, 2.05) is 17.9 Å². The number of carbonyl (C=O) groups is 1. The Hall–Kier alpha value is -3.66. The normalized spacial score (nSPS) is 14.7. The van der Waals surface area contributed by atoms with E-state index in [4.69, 9.17) is 15.2 Å². The number of carbonyl (C=O) groups excluding carboxylic acids is 1. The number of amides is 1. The smallest absolute Gasteiger partial charge is 0.259 e. The highest BCUT2D eigenvalue weighted by molar-refractivity contribution is 6.07. The molecule has 0 unspecified atom stereocenters. The second-order valence-corrected chi connectivity index (χ2v) is 7.80. The number of methoxy groups -OCH3 is 1. The maximum absolute atomic E-state index is 14.2. The number of piperazine rings is 1. The van der Waals surface area contributed by atoms with Crippen LogP contribution in [-0.2, 0) is 0 Å². The van der Waals surface area contributed by atoms with E-state index >= 15 is 0 Å². The van der Waals surface area contributed by atoms with Crippen molar-refractivity contribution in [3.63, 3.8) is 0 Å². The summed E-state index contributed by atoms with van der Waals surface area (Å²) in [6, 6.07) is 9.60. The van der Waals surface area contributed by atoms with Crippen molar-refractivity contribution in [2.75, 3.05) is 54.0 Å². The molecule has 0 aliphatic carbocycles. The van der Waals surface area contributed by atoms with Crippen LogP contribution < -0.4 is 20.5 Å². The molecular formula is C24H31FN6O3. The average Bonchev–Trinajstić information content (AvgIpc) is 2.85. The van der Waals surface area contributed by atoms with Crippen LogP contribution in [0.1, 0.15) is 15.9 Å². The minimum atomic E-state index is -0.559. The van der Waals surface area contributed by atoms with Gasteiger partial charge in [-0.25, -0.2) is 9.38 Å². The average molecular weight is 471 g/mol. The summed E-state index contributed by atoms with van der Waals surface area (Å²) in [5.41, 5.74) is 8.08. The Morgan fingerprint density at radius 1 is 1.24 bits per heavy atom. The van der Waals surface area contributed by atoms with Gasteiger partial charge in [-0.1, -0.05) is 0 Å². The summed E-state index contributed by atoms with van der Waals surface area (Å²) in [6.45, 7) is 5.10. The lowest BCUT2D eigenvalue weighted by molar-refractivity contribution is 0.0864. The van der Waals surface area contributed by atoms with Gasteiger partial charge in [0.2, 0.25) is 0 Å². The number of aryl methyl sites for hydroxylation is 1. The molecule has 1 saturated heterocycles. The lowest BCUT2D eigenvalue weighted by Crippen LogP contribution is -2.49. The van der Waals surface area contributed by atoms with Crippen LogP contribution in [0.15, 0.2) is 46.4 Å². The topological polar surface area (TPSA) is 105 Å². The molecule has 2 aromatic carbocycles. The molecule has 0 bridgehead atoms. The molecule has 0 radical (unpaired) electrons. The number of nitrogens with two attached hydrogens (primary N) is 1. The van der Waals surface area contributed by atoms with Gasteiger partial charge in [0, 0.05) is 51.9 Å². The van der Waals surface area contributed by atoms with E-state index in [0.717, 1.165) is 31.7 Å². The van der Waals surface area contributed by atoms with Crippen molar-refractivity contribution < 1.29 is 18.7 Å². The van der Waals surface area contributed by atoms with Gasteiger partial charge in [-0.3, -0.25) is 14.7 Å². The first-order valence-corrected chi connectivity index (χ1v) is 10.9. The zero-order valence-corrected chi connectivity index (χ0v) is 20.0. The Morgan fingerprint density at radius 2 is 1.97 bits per heavy atom. The third kappa shape index (κ3) is 6.02. The maximum Gasteiger partial charge on any atom is 0.259 e. The van der Waals surface area contributed by atoms with E-state index in [1.165, 1.54) is 24.1 Å². The van der Waals surface area contributed by atoms with E-state index in [-0.39, 0.29) is 18.3 Å². The molecule has 1 amide bonds. The van der Waals surface area contributed by atoms with Crippen LogP contribution >= 0.6 is 0 Å². The fraction of sp³-hybridized carbons (Fsp3) is 0.375. The van der Waals surface area contributed by atoms with E-state index < -0.39 is 5.82 Å². The molecule has 34 heavy (non-hydrogen) atoms. The number of guanidine groups is 1. The molecule has 0 aromatic heterocycles. The third-order valence-corrected chi connectivity index (χ3v) is 5.57. The Labute approximate surface area is 199 Å². The van der Waals surface area contributed by atoms with Crippen LogP contribution in [-0.4, -0.2) is 81.5 Å². The van der Waals surface area contributed by atoms with Gasteiger partial charge >= 0.3 is 0 Å². The number of ether oxygens (including phenoxy) is 2. The van der Waals surface area contributed by atoms with Crippen molar-refractivity contribution in [2.24, 2.45) is 15.7 Å². The Kier molecular flexibility index (Phi) is 8.42. The maximum atomic E-state index is 14.2. The summed E-state index contributed by atoms with van der Waals surface area (Å²) < 4.78 is 24.7. The van der Waals surface area contributed by atoms with Gasteiger partial charge in [0.1, 0.15) is 18.2 Å². The molecule has 0 atom stereocenters. The molecule has 9 nitrogen and oxygen atoms in total. The zero-order chi connectivity index (χ0) is 24.7. The van der Waals surface area contributed by atoms with E-state index in [0.29, 0.717) is 28.8 Å². The predicted molar refractivity (Wildman–Crippen MR) is 131 cm³/mol. The van der Waals surface area contributed by atoms with Gasteiger partial charge in [-0.2, -0.15) is 0 Å². The minimum Gasteiger partial charge on any atom is -0.497 e. The summed E-state index contributed by atoms with van der Waals surface area (Å²) in [5.74, 6) is 0.422. The van der Waals surface area contributed by atoms with Crippen molar-refractivity contribution in [3.05, 3.63) is 53.3 Å². The SMILES string of the molecule is CN=C(COc1ccc(OC)cc1F)N(C)C(=O)c1ccc(N=C(N)N2CCNCC2)cc1C. The first-order chi connectivity index (χ1) is 16.3. The fourth-order valence-electron chi connectivity index (χ4n) is 3.53. The number of benzene rings is 2. The zero-order valence-electron chi connectivity index (χ0n) is 20.0. The van der Waals surface area contributed by atoms with Gasteiger partial charge < -0.3 is 25.4 Å². The molecule has 2 aromatic rings. The second kappa shape index (κ2) is 11.5. The first kappa shape index (κ1) is 25.0. The standard InChI is InChI=1S/C24H31FN6O3/c1-16-13-17(29-24(26)31-11-9-28-10-12-31)5-7-19(16)23(32)30(3)22(27-2)15-34-21-8-6-18(33-4)14-20(21)25/h5-8,13-14,28H,9-12,15H2,1-4H3,(H2,26,29). The van der Waals surface area contributed by atoms with E-state index in [9.17, 15) is 9.18 Å². The number of halogens is 1. The van der Waals surface area contributed by atoms with Gasteiger partial charge in [0.05, 0.1) is 12.8 Å².